The Hall–Kier alpha value is -2.71. The van der Waals surface area contributed by atoms with E-state index in [-0.39, 0.29) is 5.69 Å². The van der Waals surface area contributed by atoms with Gasteiger partial charge in [-0.05, 0) is 6.07 Å². The SMILES string of the molecule is O=C(O)[C@H]1Nc2ccc([N+](=O)[O-])c1c2[N+](=O)[O-]. The zero-order valence-electron chi connectivity index (χ0n) is 8.11. The molecule has 0 spiro atoms. The average Bonchev–Trinajstić information content (AvgIpc) is 2.48. The predicted molar refractivity (Wildman–Crippen MR) is 53.8 cm³/mol. The second-order valence-corrected chi connectivity index (χ2v) is 3.32. The number of carbonyl (C=O) groups is 1. The third kappa shape index (κ3) is 1.44. The maximum atomic E-state index is 10.9. The Kier molecular flexibility index (Phi) is 2.16. The van der Waals surface area contributed by atoms with Crippen LogP contribution in [0.25, 0.3) is 0 Å². The molecule has 2 bridgehead atoms. The van der Waals surface area contributed by atoms with Crippen LogP contribution in [0.2, 0.25) is 0 Å². The number of rotatable bonds is 3. The lowest BCUT2D eigenvalue weighted by molar-refractivity contribution is -0.394. The van der Waals surface area contributed by atoms with Crippen LogP contribution in [0, 0.1) is 20.2 Å². The summed E-state index contributed by atoms with van der Waals surface area (Å²) in [5, 5.41) is 32.7. The van der Waals surface area contributed by atoms with Gasteiger partial charge in [0, 0.05) is 6.07 Å². The summed E-state index contributed by atoms with van der Waals surface area (Å²) in [6.07, 6.45) is 0. The molecule has 1 heterocycles. The molecule has 0 amide bonds. The minimum atomic E-state index is -1.46. The summed E-state index contributed by atoms with van der Waals surface area (Å²) in [6, 6.07) is 0.719. The summed E-state index contributed by atoms with van der Waals surface area (Å²) in [7, 11) is 0. The maximum absolute atomic E-state index is 10.9. The van der Waals surface area contributed by atoms with Gasteiger partial charge in [0.2, 0.25) is 0 Å². The van der Waals surface area contributed by atoms with Crippen LogP contribution >= 0.6 is 0 Å². The van der Waals surface area contributed by atoms with Crippen molar-refractivity contribution in [2.24, 2.45) is 0 Å². The summed E-state index contributed by atoms with van der Waals surface area (Å²) in [6.45, 7) is 0. The van der Waals surface area contributed by atoms with Crippen molar-refractivity contribution in [2.75, 3.05) is 5.32 Å². The zero-order chi connectivity index (χ0) is 12.7. The van der Waals surface area contributed by atoms with Crippen LogP contribution in [0.4, 0.5) is 17.1 Å². The van der Waals surface area contributed by atoms with Crippen molar-refractivity contribution in [3.63, 3.8) is 0 Å². The maximum Gasteiger partial charge on any atom is 0.331 e. The first-order chi connectivity index (χ1) is 7.93. The molecule has 1 aromatic carbocycles. The van der Waals surface area contributed by atoms with Crippen molar-refractivity contribution in [2.45, 2.75) is 6.04 Å². The van der Waals surface area contributed by atoms with E-state index in [9.17, 15) is 25.0 Å². The molecule has 17 heavy (non-hydrogen) atoms. The first-order valence-corrected chi connectivity index (χ1v) is 4.38. The Labute approximate surface area is 93.0 Å². The van der Waals surface area contributed by atoms with Gasteiger partial charge in [-0.3, -0.25) is 20.2 Å². The number of anilines is 1. The Bertz CT molecular complexity index is 554. The van der Waals surface area contributed by atoms with E-state index in [1.54, 1.807) is 0 Å². The number of hydrogen-bond donors (Lipinski definition) is 2. The van der Waals surface area contributed by atoms with Crippen LogP contribution in [-0.4, -0.2) is 20.9 Å². The first kappa shape index (κ1) is 10.8. The minimum absolute atomic E-state index is 0.0250. The summed E-state index contributed by atoms with van der Waals surface area (Å²) < 4.78 is 0. The van der Waals surface area contributed by atoms with Gasteiger partial charge in [-0.15, -0.1) is 0 Å². The summed E-state index contributed by atoms with van der Waals surface area (Å²) in [4.78, 5) is 30.7. The van der Waals surface area contributed by atoms with Crippen molar-refractivity contribution in [1.82, 2.24) is 0 Å². The molecule has 0 aromatic heterocycles. The molecular formula is C8H5N3O6. The molecule has 0 fully saturated rings. The van der Waals surface area contributed by atoms with Crippen LogP contribution in [0.1, 0.15) is 11.6 Å². The van der Waals surface area contributed by atoms with Crippen molar-refractivity contribution in [3.05, 3.63) is 37.9 Å². The average molecular weight is 239 g/mol. The van der Waals surface area contributed by atoms with Crippen LogP contribution in [0.5, 0.6) is 0 Å². The monoisotopic (exact) mass is 239 g/mol. The van der Waals surface area contributed by atoms with Gasteiger partial charge in [-0.1, -0.05) is 0 Å². The van der Waals surface area contributed by atoms with Crippen molar-refractivity contribution >= 4 is 23.0 Å². The number of hydrogen-bond acceptors (Lipinski definition) is 6. The lowest BCUT2D eigenvalue weighted by atomic mass is 10.1. The molecule has 9 heteroatoms. The van der Waals surface area contributed by atoms with E-state index in [1.165, 1.54) is 0 Å². The van der Waals surface area contributed by atoms with E-state index in [1.807, 2.05) is 0 Å². The molecular weight excluding hydrogens is 234 g/mol. The molecule has 1 atom stereocenters. The molecule has 0 radical (unpaired) electrons. The van der Waals surface area contributed by atoms with Crippen molar-refractivity contribution < 1.29 is 19.7 Å². The molecule has 0 saturated carbocycles. The number of nitro groups is 2. The molecule has 1 aliphatic heterocycles. The molecule has 1 aromatic rings. The van der Waals surface area contributed by atoms with E-state index in [4.69, 9.17) is 5.11 Å². The zero-order valence-corrected chi connectivity index (χ0v) is 8.11. The smallest absolute Gasteiger partial charge is 0.331 e. The van der Waals surface area contributed by atoms with Gasteiger partial charge >= 0.3 is 11.7 Å². The van der Waals surface area contributed by atoms with Gasteiger partial charge in [-0.2, -0.15) is 0 Å². The van der Waals surface area contributed by atoms with E-state index in [0.29, 0.717) is 0 Å². The number of nitro benzene ring substituents is 2. The molecule has 2 N–H and O–H groups in total. The highest BCUT2D eigenvalue weighted by Gasteiger charge is 2.43. The van der Waals surface area contributed by atoms with E-state index >= 15 is 0 Å². The topological polar surface area (TPSA) is 136 Å². The fourth-order valence-electron chi connectivity index (χ4n) is 1.77. The largest absolute Gasteiger partial charge is 0.479 e. The Morgan fingerprint density at radius 1 is 1.29 bits per heavy atom. The van der Waals surface area contributed by atoms with Crippen molar-refractivity contribution in [1.29, 1.82) is 0 Å². The fourth-order valence-corrected chi connectivity index (χ4v) is 1.77. The normalized spacial score (nSPS) is 16.4. The number of benzene rings is 1. The minimum Gasteiger partial charge on any atom is -0.479 e. The highest BCUT2D eigenvalue weighted by atomic mass is 16.6. The number of fused-ring (bicyclic) bond motifs is 2. The number of nitrogens with zero attached hydrogens (tertiary/aromatic N) is 2. The summed E-state index contributed by atoms with van der Waals surface area (Å²) in [5.41, 5.74) is -1.56. The molecule has 2 rings (SSSR count). The number of aliphatic carboxylic acids is 1. The van der Waals surface area contributed by atoms with E-state index < -0.39 is 38.8 Å². The Morgan fingerprint density at radius 2 is 1.94 bits per heavy atom. The van der Waals surface area contributed by atoms with Crippen LogP contribution in [-0.2, 0) is 4.79 Å². The number of carboxylic acid groups (broad SMARTS) is 1. The predicted octanol–water partition coefficient (Wildman–Crippen LogP) is 1.05. The third-order valence-electron chi connectivity index (χ3n) is 2.41. The molecule has 0 saturated heterocycles. The summed E-state index contributed by atoms with van der Waals surface area (Å²) >= 11 is 0. The summed E-state index contributed by atoms with van der Waals surface area (Å²) in [5.74, 6) is -1.41. The molecule has 0 aliphatic carbocycles. The van der Waals surface area contributed by atoms with Gasteiger partial charge in [0.15, 0.2) is 6.04 Å². The highest BCUT2D eigenvalue weighted by molar-refractivity contribution is 5.91. The van der Waals surface area contributed by atoms with E-state index in [0.717, 1.165) is 12.1 Å². The Morgan fingerprint density at radius 3 is 2.41 bits per heavy atom. The first-order valence-electron chi connectivity index (χ1n) is 4.38. The van der Waals surface area contributed by atoms with Gasteiger partial charge in [0.1, 0.15) is 11.3 Å². The van der Waals surface area contributed by atoms with Gasteiger partial charge in [0.05, 0.1) is 9.85 Å². The van der Waals surface area contributed by atoms with Gasteiger partial charge in [-0.25, -0.2) is 4.79 Å². The van der Waals surface area contributed by atoms with Crippen LogP contribution < -0.4 is 5.32 Å². The van der Waals surface area contributed by atoms with Crippen LogP contribution in [0.3, 0.4) is 0 Å². The lowest BCUT2D eigenvalue weighted by Crippen LogP contribution is -2.16. The van der Waals surface area contributed by atoms with Gasteiger partial charge in [0.25, 0.3) is 5.69 Å². The second kappa shape index (κ2) is 3.40. The third-order valence-corrected chi connectivity index (χ3v) is 2.41. The van der Waals surface area contributed by atoms with Crippen LogP contribution in [0.15, 0.2) is 12.1 Å². The van der Waals surface area contributed by atoms with E-state index in [2.05, 4.69) is 5.32 Å². The highest BCUT2D eigenvalue weighted by Crippen LogP contribution is 2.46. The quantitative estimate of drug-likeness (QED) is 0.594. The fraction of sp³-hybridized carbons (Fsp3) is 0.125. The molecule has 9 nitrogen and oxygen atoms in total. The molecule has 0 unspecified atom stereocenters. The Balaban J connectivity index is 2.73. The second-order valence-electron chi connectivity index (χ2n) is 3.32. The van der Waals surface area contributed by atoms with Gasteiger partial charge < -0.3 is 10.4 Å². The lowest BCUT2D eigenvalue weighted by Gasteiger charge is -2.03. The molecule has 88 valence electrons. The molecule has 1 aliphatic rings. The standard InChI is InChI=1S/C8H5N3O6/c12-8(13)6-5-4(10(14)15)2-1-3(9-6)7(5)11(16)17/h1-2,6,9H,(H,12,13)/t6-/m0/s1. The number of carboxylic acids is 1. The van der Waals surface area contributed by atoms with Crippen molar-refractivity contribution in [3.8, 4) is 0 Å². The number of nitrogens with one attached hydrogen (secondary N) is 1.